The summed E-state index contributed by atoms with van der Waals surface area (Å²) >= 11 is 0. The molecule has 20 heavy (non-hydrogen) atoms. The van der Waals surface area contributed by atoms with E-state index in [2.05, 4.69) is 6.92 Å². The average Bonchev–Trinajstić information content (AvgIpc) is 2.49. The van der Waals surface area contributed by atoms with Crippen molar-refractivity contribution in [1.29, 1.82) is 0 Å². The molecular weight excluding hydrogens is 254 g/mol. The predicted octanol–water partition coefficient (Wildman–Crippen LogP) is 3.39. The molecule has 1 heterocycles. The van der Waals surface area contributed by atoms with Gasteiger partial charge in [0.2, 0.25) is 0 Å². The number of nitrogens with zero attached hydrogens (tertiary/aromatic N) is 1. The van der Waals surface area contributed by atoms with Gasteiger partial charge in [-0.25, -0.2) is 4.79 Å². The van der Waals surface area contributed by atoms with E-state index in [9.17, 15) is 9.59 Å². The van der Waals surface area contributed by atoms with Crippen molar-refractivity contribution in [3.63, 3.8) is 0 Å². The van der Waals surface area contributed by atoms with Crippen molar-refractivity contribution in [2.45, 2.75) is 58.3 Å². The van der Waals surface area contributed by atoms with Crippen LogP contribution in [0.5, 0.6) is 0 Å². The molecule has 4 nitrogen and oxygen atoms in total. The summed E-state index contributed by atoms with van der Waals surface area (Å²) in [6.45, 7) is 4.26. The van der Waals surface area contributed by atoms with Crippen molar-refractivity contribution in [3.05, 3.63) is 0 Å². The van der Waals surface area contributed by atoms with E-state index in [0.29, 0.717) is 12.0 Å². The molecule has 0 bridgehead atoms. The van der Waals surface area contributed by atoms with Crippen molar-refractivity contribution in [3.8, 4) is 0 Å². The summed E-state index contributed by atoms with van der Waals surface area (Å²) in [4.78, 5) is 24.6. The predicted molar refractivity (Wildman–Crippen MR) is 77.5 cm³/mol. The van der Waals surface area contributed by atoms with E-state index in [4.69, 9.17) is 4.74 Å². The molecule has 0 aromatic rings. The third-order valence-corrected chi connectivity index (χ3v) is 5.09. The molecule has 0 unspecified atom stereocenters. The zero-order valence-electron chi connectivity index (χ0n) is 12.6. The number of hydrogen-bond acceptors (Lipinski definition) is 3. The van der Waals surface area contributed by atoms with E-state index < -0.39 is 0 Å². The fourth-order valence-electron chi connectivity index (χ4n) is 3.45. The van der Waals surface area contributed by atoms with Crippen LogP contribution in [0.2, 0.25) is 0 Å². The van der Waals surface area contributed by atoms with Gasteiger partial charge in [-0.3, -0.25) is 0 Å². The second-order valence-electron chi connectivity index (χ2n) is 6.43. The van der Waals surface area contributed by atoms with Gasteiger partial charge in [0.25, 0.3) is 0 Å². The molecule has 0 aromatic carbocycles. The molecule has 1 amide bonds. The summed E-state index contributed by atoms with van der Waals surface area (Å²) in [5.41, 5.74) is 0.389. The van der Waals surface area contributed by atoms with Crippen LogP contribution in [0, 0.1) is 11.3 Å². The molecule has 2 rings (SSSR count). The van der Waals surface area contributed by atoms with Gasteiger partial charge < -0.3 is 14.4 Å². The molecule has 0 atom stereocenters. The lowest BCUT2D eigenvalue weighted by Crippen LogP contribution is -2.44. The lowest BCUT2D eigenvalue weighted by molar-refractivity contribution is -0.112. The van der Waals surface area contributed by atoms with Crippen molar-refractivity contribution >= 4 is 12.4 Å². The molecule has 1 aliphatic carbocycles. The van der Waals surface area contributed by atoms with Crippen LogP contribution in [0.3, 0.4) is 0 Å². The molecule has 2 aliphatic rings. The molecule has 114 valence electrons. The van der Waals surface area contributed by atoms with E-state index >= 15 is 0 Å². The Balaban J connectivity index is 1.75. The smallest absolute Gasteiger partial charge is 0.409 e. The minimum atomic E-state index is -0.144. The second kappa shape index (κ2) is 7.09. The first-order valence-electron chi connectivity index (χ1n) is 8.06. The van der Waals surface area contributed by atoms with Crippen LogP contribution in [0.1, 0.15) is 58.3 Å². The molecule has 2 fully saturated rings. The Bertz CT molecular complexity index is 325. The second-order valence-corrected chi connectivity index (χ2v) is 6.43. The van der Waals surface area contributed by atoms with Crippen LogP contribution in [0.25, 0.3) is 0 Å². The van der Waals surface area contributed by atoms with Crippen LogP contribution in [0.4, 0.5) is 4.79 Å². The van der Waals surface area contributed by atoms with E-state index in [-0.39, 0.29) is 12.0 Å². The maximum Gasteiger partial charge on any atom is 0.409 e. The highest BCUT2D eigenvalue weighted by Crippen LogP contribution is 2.45. The zero-order valence-corrected chi connectivity index (χ0v) is 12.6. The number of hydrogen-bond donors (Lipinski definition) is 0. The minimum absolute atomic E-state index is 0.144. The van der Waals surface area contributed by atoms with Gasteiger partial charge in [-0.1, -0.05) is 13.3 Å². The van der Waals surface area contributed by atoms with Crippen LogP contribution in [0.15, 0.2) is 0 Å². The van der Waals surface area contributed by atoms with E-state index in [1.54, 1.807) is 0 Å². The Morgan fingerprint density at radius 3 is 2.45 bits per heavy atom. The van der Waals surface area contributed by atoms with Crippen LogP contribution < -0.4 is 0 Å². The molecule has 4 heteroatoms. The number of aldehydes is 1. The third kappa shape index (κ3) is 3.74. The van der Waals surface area contributed by atoms with Crippen molar-refractivity contribution in [2.24, 2.45) is 11.3 Å². The molecule has 1 saturated heterocycles. The van der Waals surface area contributed by atoms with Crippen LogP contribution in [-0.4, -0.2) is 37.0 Å². The van der Waals surface area contributed by atoms with Gasteiger partial charge in [-0.05, 0) is 50.4 Å². The van der Waals surface area contributed by atoms with E-state index in [0.717, 1.165) is 70.7 Å². The van der Waals surface area contributed by atoms with Gasteiger partial charge in [-0.15, -0.1) is 0 Å². The quantitative estimate of drug-likeness (QED) is 0.586. The molecular formula is C16H27NO3. The van der Waals surface area contributed by atoms with Crippen molar-refractivity contribution in [2.75, 3.05) is 19.7 Å². The molecule has 1 aliphatic heterocycles. The number of piperidine rings is 1. The third-order valence-electron chi connectivity index (χ3n) is 5.09. The zero-order chi connectivity index (χ0) is 14.4. The topological polar surface area (TPSA) is 46.6 Å². The number of likely N-dealkylation sites (tertiary alicyclic amines) is 1. The first-order valence-corrected chi connectivity index (χ1v) is 8.06. The maximum atomic E-state index is 11.9. The average molecular weight is 281 g/mol. The van der Waals surface area contributed by atoms with Gasteiger partial charge in [0, 0.05) is 19.0 Å². The number of unbranched alkanes of at least 4 members (excludes halogenated alkanes) is 1. The van der Waals surface area contributed by atoms with Gasteiger partial charge in [0.15, 0.2) is 0 Å². The molecule has 1 saturated carbocycles. The van der Waals surface area contributed by atoms with Crippen molar-refractivity contribution in [1.82, 2.24) is 4.90 Å². The molecule has 1 spiro atoms. The highest BCUT2D eigenvalue weighted by molar-refractivity contribution is 5.67. The summed E-state index contributed by atoms with van der Waals surface area (Å²) in [5.74, 6) is 0.276. The molecule has 0 radical (unpaired) electrons. The summed E-state index contributed by atoms with van der Waals surface area (Å²) in [7, 11) is 0. The fourth-order valence-corrected chi connectivity index (χ4v) is 3.45. The first kappa shape index (κ1) is 15.3. The Morgan fingerprint density at radius 2 is 1.90 bits per heavy atom. The highest BCUT2D eigenvalue weighted by Gasteiger charge is 2.39. The number of carbonyl (C=O) groups is 2. The van der Waals surface area contributed by atoms with Gasteiger partial charge in [0.1, 0.15) is 6.29 Å². The lowest BCUT2D eigenvalue weighted by Gasteiger charge is -2.44. The highest BCUT2D eigenvalue weighted by atomic mass is 16.6. The summed E-state index contributed by atoms with van der Waals surface area (Å²) < 4.78 is 5.27. The van der Waals surface area contributed by atoms with Crippen molar-refractivity contribution < 1.29 is 14.3 Å². The SMILES string of the molecule is CCCCOC(=O)N1CCC2(CCC(C=O)CC2)CC1. The van der Waals surface area contributed by atoms with Gasteiger partial charge >= 0.3 is 6.09 Å². The van der Waals surface area contributed by atoms with Crippen LogP contribution >= 0.6 is 0 Å². The molecule has 0 N–H and O–H groups in total. The standard InChI is InChI=1S/C16H27NO3/c1-2-3-12-20-15(19)17-10-8-16(9-11-17)6-4-14(13-18)5-7-16/h13-14H,2-12H2,1H3. The molecule has 0 aromatic heterocycles. The normalized spacial score (nSPS) is 22.8. The minimum Gasteiger partial charge on any atom is -0.449 e. The summed E-state index contributed by atoms with van der Waals surface area (Å²) in [5, 5.41) is 0. The van der Waals surface area contributed by atoms with Crippen LogP contribution in [-0.2, 0) is 9.53 Å². The van der Waals surface area contributed by atoms with Gasteiger partial charge in [0.05, 0.1) is 6.61 Å². The Morgan fingerprint density at radius 1 is 1.25 bits per heavy atom. The van der Waals surface area contributed by atoms with Gasteiger partial charge in [-0.2, -0.15) is 0 Å². The number of amides is 1. The summed E-state index contributed by atoms with van der Waals surface area (Å²) in [6.07, 6.45) is 9.47. The summed E-state index contributed by atoms with van der Waals surface area (Å²) in [6, 6.07) is 0. The monoisotopic (exact) mass is 281 g/mol. The number of ether oxygens (including phenoxy) is 1. The Labute approximate surface area is 121 Å². The number of rotatable bonds is 4. The fraction of sp³-hybridized carbons (Fsp3) is 0.875. The Hall–Kier alpha value is -1.06. The number of carbonyl (C=O) groups excluding carboxylic acids is 2. The lowest BCUT2D eigenvalue weighted by atomic mass is 9.66. The van der Waals surface area contributed by atoms with E-state index in [1.807, 2.05) is 4.90 Å². The first-order chi connectivity index (χ1) is 9.69. The Kier molecular flexibility index (Phi) is 5.44. The largest absolute Gasteiger partial charge is 0.449 e. The van der Waals surface area contributed by atoms with E-state index in [1.165, 1.54) is 0 Å². The maximum absolute atomic E-state index is 11.9.